The molecule has 1 saturated carbocycles. The highest BCUT2D eigenvalue weighted by atomic mass is 14.9. The van der Waals surface area contributed by atoms with Crippen molar-refractivity contribution in [3.8, 4) is 0 Å². The topological polar surface area (TPSA) is 24.9 Å². The SMILES string of the molecule is CCc1cccnc1CNC1CCC(C(C)(C)C)CC1. The van der Waals surface area contributed by atoms with E-state index in [0.717, 1.165) is 18.9 Å². The fourth-order valence-electron chi connectivity index (χ4n) is 3.36. The molecule has 112 valence electrons. The van der Waals surface area contributed by atoms with Gasteiger partial charge in [0.2, 0.25) is 0 Å². The lowest BCUT2D eigenvalue weighted by molar-refractivity contribution is 0.159. The van der Waals surface area contributed by atoms with Crippen LogP contribution in [0.25, 0.3) is 0 Å². The molecule has 1 fully saturated rings. The summed E-state index contributed by atoms with van der Waals surface area (Å²) in [6.07, 6.45) is 8.34. The van der Waals surface area contributed by atoms with Crippen molar-refractivity contribution in [2.24, 2.45) is 11.3 Å². The molecule has 0 unspecified atom stereocenters. The van der Waals surface area contributed by atoms with Crippen LogP contribution in [-0.4, -0.2) is 11.0 Å². The van der Waals surface area contributed by atoms with Crippen LogP contribution in [-0.2, 0) is 13.0 Å². The molecule has 2 nitrogen and oxygen atoms in total. The second-order valence-electron chi connectivity index (χ2n) is 7.26. The minimum absolute atomic E-state index is 0.474. The molecule has 0 radical (unpaired) electrons. The molecular weight excluding hydrogens is 244 g/mol. The molecular formula is C18H30N2. The minimum atomic E-state index is 0.474. The van der Waals surface area contributed by atoms with E-state index < -0.39 is 0 Å². The molecule has 0 spiro atoms. The van der Waals surface area contributed by atoms with Crippen LogP contribution in [0, 0.1) is 11.3 Å². The second kappa shape index (κ2) is 6.71. The summed E-state index contributed by atoms with van der Waals surface area (Å²) in [6.45, 7) is 10.3. The number of rotatable bonds is 4. The Bertz CT molecular complexity index is 412. The molecule has 20 heavy (non-hydrogen) atoms. The van der Waals surface area contributed by atoms with Gasteiger partial charge in [0.25, 0.3) is 0 Å². The Morgan fingerprint density at radius 1 is 1.20 bits per heavy atom. The molecule has 2 heteroatoms. The van der Waals surface area contributed by atoms with Crippen molar-refractivity contribution < 1.29 is 0 Å². The molecule has 2 rings (SSSR count). The Labute approximate surface area is 124 Å². The van der Waals surface area contributed by atoms with Gasteiger partial charge in [-0.15, -0.1) is 0 Å². The highest BCUT2D eigenvalue weighted by Crippen LogP contribution is 2.37. The van der Waals surface area contributed by atoms with Crippen LogP contribution in [0.1, 0.15) is 64.6 Å². The zero-order valence-electron chi connectivity index (χ0n) is 13.6. The number of nitrogens with zero attached hydrogens (tertiary/aromatic N) is 1. The predicted molar refractivity (Wildman–Crippen MR) is 85.7 cm³/mol. The monoisotopic (exact) mass is 274 g/mol. The summed E-state index contributed by atoms with van der Waals surface area (Å²) >= 11 is 0. The van der Waals surface area contributed by atoms with Crippen LogP contribution < -0.4 is 5.32 Å². The van der Waals surface area contributed by atoms with Gasteiger partial charge >= 0.3 is 0 Å². The number of nitrogens with one attached hydrogen (secondary N) is 1. The zero-order chi connectivity index (χ0) is 14.6. The number of aryl methyl sites for hydroxylation is 1. The molecule has 0 atom stereocenters. The van der Waals surface area contributed by atoms with E-state index in [1.165, 1.54) is 36.9 Å². The summed E-state index contributed by atoms with van der Waals surface area (Å²) in [5.74, 6) is 0.890. The van der Waals surface area contributed by atoms with Crippen molar-refractivity contribution in [1.82, 2.24) is 10.3 Å². The maximum Gasteiger partial charge on any atom is 0.0573 e. The predicted octanol–water partition coefficient (Wildman–Crippen LogP) is 4.34. The third kappa shape index (κ3) is 4.05. The second-order valence-corrected chi connectivity index (χ2v) is 7.26. The summed E-state index contributed by atoms with van der Waals surface area (Å²) in [6, 6.07) is 4.91. The van der Waals surface area contributed by atoms with Crippen molar-refractivity contribution in [3.63, 3.8) is 0 Å². The van der Waals surface area contributed by atoms with Gasteiger partial charge in [-0.3, -0.25) is 4.98 Å². The highest BCUT2D eigenvalue weighted by molar-refractivity contribution is 5.19. The summed E-state index contributed by atoms with van der Waals surface area (Å²) in [4.78, 5) is 4.53. The average molecular weight is 274 g/mol. The van der Waals surface area contributed by atoms with E-state index in [9.17, 15) is 0 Å². The van der Waals surface area contributed by atoms with Crippen LogP contribution in [0.15, 0.2) is 18.3 Å². The quantitative estimate of drug-likeness (QED) is 0.883. The maximum absolute atomic E-state index is 4.53. The van der Waals surface area contributed by atoms with Gasteiger partial charge in [-0.25, -0.2) is 0 Å². The van der Waals surface area contributed by atoms with Crippen LogP contribution >= 0.6 is 0 Å². The number of hydrogen-bond donors (Lipinski definition) is 1. The Balaban J connectivity index is 1.82. The standard InChI is InChI=1S/C18H30N2/c1-5-14-7-6-12-19-17(14)13-20-16-10-8-15(9-11-16)18(2,3)4/h6-7,12,15-16,20H,5,8-11,13H2,1-4H3. The maximum atomic E-state index is 4.53. The van der Waals surface area contributed by atoms with Crippen molar-refractivity contribution >= 4 is 0 Å². The molecule has 0 saturated heterocycles. The first kappa shape index (κ1) is 15.5. The van der Waals surface area contributed by atoms with Crippen LogP contribution in [0.5, 0.6) is 0 Å². The van der Waals surface area contributed by atoms with E-state index in [4.69, 9.17) is 0 Å². The Kier molecular flexibility index (Phi) is 5.20. The Hall–Kier alpha value is -0.890. The third-order valence-electron chi connectivity index (χ3n) is 4.88. The van der Waals surface area contributed by atoms with E-state index >= 15 is 0 Å². The van der Waals surface area contributed by atoms with Crippen molar-refractivity contribution in [2.75, 3.05) is 0 Å². The molecule has 1 heterocycles. The lowest BCUT2D eigenvalue weighted by atomic mass is 9.71. The lowest BCUT2D eigenvalue weighted by Crippen LogP contribution is -2.36. The van der Waals surface area contributed by atoms with Crippen LogP contribution in [0.3, 0.4) is 0 Å². The minimum Gasteiger partial charge on any atom is -0.308 e. The van der Waals surface area contributed by atoms with E-state index in [0.29, 0.717) is 11.5 Å². The normalized spacial score (nSPS) is 23.8. The molecule has 1 aromatic rings. The fourth-order valence-corrected chi connectivity index (χ4v) is 3.36. The smallest absolute Gasteiger partial charge is 0.0573 e. The first-order chi connectivity index (χ1) is 9.50. The fraction of sp³-hybridized carbons (Fsp3) is 0.722. The summed E-state index contributed by atoms with van der Waals surface area (Å²) in [7, 11) is 0. The van der Waals surface area contributed by atoms with Gasteiger partial charge in [-0.05, 0) is 55.1 Å². The van der Waals surface area contributed by atoms with E-state index in [1.807, 2.05) is 12.3 Å². The van der Waals surface area contributed by atoms with E-state index in [2.05, 4.69) is 44.1 Å². The molecule has 0 amide bonds. The molecule has 1 aliphatic rings. The van der Waals surface area contributed by atoms with E-state index in [1.54, 1.807) is 0 Å². The molecule has 1 aromatic heterocycles. The van der Waals surface area contributed by atoms with Crippen LogP contribution in [0.4, 0.5) is 0 Å². The molecule has 0 aliphatic heterocycles. The summed E-state index contributed by atoms with van der Waals surface area (Å²) in [5, 5.41) is 3.72. The van der Waals surface area contributed by atoms with E-state index in [-0.39, 0.29) is 0 Å². The van der Waals surface area contributed by atoms with Crippen molar-refractivity contribution in [3.05, 3.63) is 29.6 Å². The Morgan fingerprint density at radius 3 is 2.50 bits per heavy atom. The van der Waals surface area contributed by atoms with Gasteiger partial charge in [0.05, 0.1) is 5.69 Å². The summed E-state index contributed by atoms with van der Waals surface area (Å²) in [5.41, 5.74) is 3.08. The van der Waals surface area contributed by atoms with Gasteiger partial charge in [-0.1, -0.05) is 33.8 Å². The molecule has 0 bridgehead atoms. The van der Waals surface area contributed by atoms with Crippen molar-refractivity contribution in [2.45, 2.75) is 72.4 Å². The first-order valence-electron chi connectivity index (χ1n) is 8.17. The first-order valence-corrected chi connectivity index (χ1v) is 8.17. The van der Waals surface area contributed by atoms with Gasteiger partial charge in [0, 0.05) is 18.8 Å². The van der Waals surface area contributed by atoms with Crippen LogP contribution in [0.2, 0.25) is 0 Å². The third-order valence-corrected chi connectivity index (χ3v) is 4.88. The zero-order valence-corrected chi connectivity index (χ0v) is 13.6. The van der Waals surface area contributed by atoms with Crippen molar-refractivity contribution in [1.29, 1.82) is 0 Å². The largest absolute Gasteiger partial charge is 0.308 e. The molecule has 1 N–H and O–H groups in total. The van der Waals surface area contributed by atoms with Gasteiger partial charge in [-0.2, -0.15) is 0 Å². The molecule has 0 aromatic carbocycles. The van der Waals surface area contributed by atoms with Gasteiger partial charge < -0.3 is 5.32 Å². The Morgan fingerprint density at radius 2 is 1.90 bits per heavy atom. The lowest BCUT2D eigenvalue weighted by Gasteiger charge is -2.37. The number of hydrogen-bond acceptors (Lipinski definition) is 2. The average Bonchev–Trinajstić information content (AvgIpc) is 2.45. The number of aromatic nitrogens is 1. The highest BCUT2D eigenvalue weighted by Gasteiger charge is 2.29. The number of pyridine rings is 1. The summed E-state index contributed by atoms with van der Waals surface area (Å²) < 4.78 is 0. The van der Waals surface area contributed by atoms with Gasteiger partial charge in [0.15, 0.2) is 0 Å². The van der Waals surface area contributed by atoms with Gasteiger partial charge in [0.1, 0.15) is 0 Å². The molecule has 1 aliphatic carbocycles.